The lowest BCUT2D eigenvalue weighted by molar-refractivity contribution is 0.0959. The monoisotopic (exact) mass is 231 g/mol. The molecule has 0 saturated heterocycles. The molecule has 0 aliphatic rings. The number of amides is 1. The largest absolute Gasteiger partial charge is 0.617 e. The fourth-order valence-corrected chi connectivity index (χ4v) is 0.780. The highest BCUT2D eigenvalue weighted by molar-refractivity contribution is 7.89. The summed E-state index contributed by atoms with van der Waals surface area (Å²) in [6, 6.07) is 5.86. The minimum atomic E-state index is -0.611. The van der Waals surface area contributed by atoms with E-state index in [0.29, 0.717) is 0 Å². The van der Waals surface area contributed by atoms with Crippen molar-refractivity contribution >= 4 is 17.1 Å². The van der Waals surface area contributed by atoms with Crippen LogP contribution in [0.25, 0.3) is 0 Å². The fraction of sp³-hybridized carbons (Fsp3) is 0.300. The minimum Gasteiger partial charge on any atom is -0.617 e. The summed E-state index contributed by atoms with van der Waals surface area (Å²) >= 11 is -0.611. The van der Waals surface area contributed by atoms with Crippen LogP contribution in [0.5, 0.6) is 0 Å². The van der Waals surface area contributed by atoms with Gasteiger partial charge in [0.15, 0.2) is 0 Å². The zero-order chi connectivity index (χ0) is 11.8. The summed E-state index contributed by atoms with van der Waals surface area (Å²) in [5.41, 5.74) is 0.0787. The number of nitrogens with one attached hydrogen (secondary N) is 1. The van der Waals surface area contributed by atoms with Gasteiger partial charge in [0.2, 0.25) is 0 Å². The van der Waals surface area contributed by atoms with Gasteiger partial charge in [-0.2, -0.15) is 0 Å². The van der Waals surface area contributed by atoms with Gasteiger partial charge >= 0.3 is 0 Å². The van der Waals surface area contributed by atoms with Crippen molar-refractivity contribution in [2.75, 3.05) is 19.6 Å². The van der Waals surface area contributed by atoms with E-state index in [9.17, 15) is 13.7 Å². The molecule has 1 amide bonds. The summed E-state index contributed by atoms with van der Waals surface area (Å²) in [6.07, 6.45) is 3.28. The molecule has 0 spiro atoms. The van der Waals surface area contributed by atoms with E-state index in [-0.39, 0.29) is 5.56 Å². The Kier molecular flexibility index (Phi) is 6.73. The molecule has 0 radical (unpaired) electrons. The molecule has 1 rings (SSSR count). The van der Waals surface area contributed by atoms with Crippen molar-refractivity contribution in [2.24, 2.45) is 0 Å². The Morgan fingerprint density at radius 2 is 1.87 bits per heavy atom. The maximum Gasteiger partial charge on any atom is 0.253 e. The summed E-state index contributed by atoms with van der Waals surface area (Å²) in [4.78, 5) is 10.9. The van der Waals surface area contributed by atoms with Gasteiger partial charge in [0.05, 0.1) is 18.1 Å². The van der Waals surface area contributed by atoms with Crippen molar-refractivity contribution in [3.8, 4) is 0 Å². The van der Waals surface area contributed by atoms with Crippen molar-refractivity contribution in [2.45, 2.75) is 0 Å². The third-order valence-electron chi connectivity index (χ3n) is 1.35. The highest BCUT2D eigenvalue weighted by Crippen LogP contribution is 2.04. The Bertz CT molecular complexity index is 315. The first-order chi connectivity index (χ1) is 6.99. The van der Waals surface area contributed by atoms with Gasteiger partial charge in [-0.1, -0.05) is 23.3 Å². The van der Waals surface area contributed by atoms with Crippen molar-refractivity contribution in [3.05, 3.63) is 35.6 Å². The number of hydrogen-bond donors (Lipinski definition) is 1. The Hall–Kier alpha value is -1.07. The highest BCUT2D eigenvalue weighted by atomic mass is 32.2. The molecular formula is C10H14FNO2S. The van der Waals surface area contributed by atoms with Gasteiger partial charge in [0.25, 0.3) is 5.91 Å². The second kappa shape index (κ2) is 7.25. The van der Waals surface area contributed by atoms with E-state index in [4.69, 9.17) is 0 Å². The molecule has 0 bridgehead atoms. The van der Waals surface area contributed by atoms with Crippen molar-refractivity contribution < 1.29 is 13.7 Å². The molecule has 0 fully saturated rings. The Morgan fingerprint density at radius 1 is 1.40 bits per heavy atom. The number of carbonyl (C=O) groups excluding carboxylic acids is 1. The number of hydrogen-bond acceptors (Lipinski definition) is 2. The second-order valence-corrected chi connectivity index (χ2v) is 4.28. The molecule has 15 heavy (non-hydrogen) atoms. The van der Waals surface area contributed by atoms with E-state index in [1.807, 2.05) is 0 Å². The second-order valence-electron chi connectivity index (χ2n) is 2.80. The fourth-order valence-electron chi connectivity index (χ4n) is 0.780. The van der Waals surface area contributed by atoms with Crippen LogP contribution < -0.4 is 5.32 Å². The number of carbonyl (C=O) groups is 1. The lowest BCUT2D eigenvalue weighted by atomic mass is 10.2. The summed E-state index contributed by atoms with van der Waals surface area (Å²) < 4.78 is 22.3. The van der Waals surface area contributed by atoms with E-state index in [1.165, 1.54) is 19.2 Å². The SMILES string of the molecule is CNC(=O)c1ccccc1F.C[S+](C)[O-]. The van der Waals surface area contributed by atoms with Gasteiger partial charge in [0, 0.05) is 7.05 Å². The summed E-state index contributed by atoms with van der Waals surface area (Å²) in [5, 5.41) is 2.34. The molecule has 84 valence electrons. The molecular weight excluding hydrogens is 217 g/mol. The third-order valence-corrected chi connectivity index (χ3v) is 1.35. The minimum absolute atomic E-state index is 0.0787. The van der Waals surface area contributed by atoms with Gasteiger partial charge in [0.1, 0.15) is 5.82 Å². The molecule has 1 aromatic carbocycles. The lowest BCUT2D eigenvalue weighted by Gasteiger charge is -1.98. The van der Waals surface area contributed by atoms with Crippen LogP contribution in [0, 0.1) is 5.82 Å². The molecule has 5 heteroatoms. The third kappa shape index (κ3) is 6.09. The average Bonchev–Trinajstić information content (AvgIpc) is 2.16. The molecule has 0 unspecified atom stereocenters. The molecule has 0 heterocycles. The smallest absolute Gasteiger partial charge is 0.253 e. The van der Waals surface area contributed by atoms with Crippen LogP contribution >= 0.6 is 0 Å². The first-order valence-corrected chi connectivity index (χ1v) is 6.17. The molecule has 0 aromatic heterocycles. The van der Waals surface area contributed by atoms with Gasteiger partial charge in [-0.05, 0) is 12.1 Å². The zero-order valence-corrected chi connectivity index (χ0v) is 9.73. The maximum absolute atomic E-state index is 12.8. The Labute approximate surface area is 91.9 Å². The number of rotatable bonds is 1. The van der Waals surface area contributed by atoms with Crippen molar-refractivity contribution in [3.63, 3.8) is 0 Å². The molecule has 3 nitrogen and oxygen atoms in total. The first-order valence-electron chi connectivity index (χ1n) is 4.20. The predicted molar refractivity (Wildman–Crippen MR) is 59.8 cm³/mol. The molecule has 1 N–H and O–H groups in total. The van der Waals surface area contributed by atoms with Gasteiger partial charge < -0.3 is 9.87 Å². The predicted octanol–water partition coefficient (Wildman–Crippen LogP) is 1.18. The topological polar surface area (TPSA) is 52.2 Å². The van der Waals surface area contributed by atoms with Gasteiger partial charge in [-0.15, -0.1) is 0 Å². The van der Waals surface area contributed by atoms with Crippen LogP contribution in [-0.2, 0) is 11.2 Å². The van der Waals surface area contributed by atoms with E-state index < -0.39 is 22.9 Å². The van der Waals surface area contributed by atoms with E-state index in [0.717, 1.165) is 0 Å². The average molecular weight is 231 g/mol. The zero-order valence-electron chi connectivity index (χ0n) is 8.91. The number of benzene rings is 1. The van der Waals surface area contributed by atoms with Crippen LogP contribution in [0.2, 0.25) is 0 Å². The lowest BCUT2D eigenvalue weighted by Crippen LogP contribution is -2.18. The molecule has 0 aliphatic carbocycles. The van der Waals surface area contributed by atoms with Gasteiger partial charge in [-0.25, -0.2) is 4.39 Å². The maximum atomic E-state index is 12.8. The molecule has 1 aromatic rings. The van der Waals surface area contributed by atoms with Crippen LogP contribution in [-0.4, -0.2) is 30.0 Å². The van der Waals surface area contributed by atoms with Crippen LogP contribution in [0.15, 0.2) is 24.3 Å². The first kappa shape index (κ1) is 13.9. The van der Waals surface area contributed by atoms with Crippen molar-refractivity contribution in [1.29, 1.82) is 0 Å². The Morgan fingerprint density at radius 3 is 2.27 bits per heavy atom. The summed E-state index contributed by atoms with van der Waals surface area (Å²) in [6.45, 7) is 0. The molecule has 0 atom stereocenters. The summed E-state index contributed by atoms with van der Waals surface area (Å²) in [5.74, 6) is -0.894. The van der Waals surface area contributed by atoms with Crippen molar-refractivity contribution in [1.82, 2.24) is 5.32 Å². The van der Waals surface area contributed by atoms with Gasteiger partial charge in [-0.3, -0.25) is 4.79 Å². The van der Waals surface area contributed by atoms with Crippen LogP contribution in [0.1, 0.15) is 10.4 Å². The van der Waals surface area contributed by atoms with E-state index in [2.05, 4.69) is 5.32 Å². The highest BCUT2D eigenvalue weighted by Gasteiger charge is 2.06. The normalized spacial score (nSPS) is 9.20. The van der Waals surface area contributed by atoms with Crippen LogP contribution in [0.3, 0.4) is 0 Å². The number of halogens is 1. The van der Waals surface area contributed by atoms with E-state index in [1.54, 1.807) is 24.6 Å². The van der Waals surface area contributed by atoms with Crippen LogP contribution in [0.4, 0.5) is 4.39 Å². The summed E-state index contributed by atoms with van der Waals surface area (Å²) in [7, 11) is 1.47. The Balaban J connectivity index is 0.000000423. The molecule has 0 aliphatic heterocycles. The van der Waals surface area contributed by atoms with E-state index >= 15 is 0 Å². The quantitative estimate of drug-likeness (QED) is 0.738. The molecule has 0 saturated carbocycles. The standard InChI is InChI=1S/C8H8FNO.C2H6OS/c1-10-8(11)6-4-2-3-5-7(6)9;1-4(2)3/h2-5H,1H3,(H,10,11);1-2H3.